The van der Waals surface area contributed by atoms with E-state index >= 15 is 0 Å². The molecule has 122 valence electrons. The normalized spacial score (nSPS) is 29.4. The molecular weight excluding hydrogens is 294 g/mol. The molecule has 2 amide bonds. The van der Waals surface area contributed by atoms with Gasteiger partial charge in [0.2, 0.25) is 11.8 Å². The Morgan fingerprint density at radius 1 is 1.30 bits per heavy atom. The van der Waals surface area contributed by atoms with Crippen molar-refractivity contribution in [1.82, 2.24) is 15.2 Å². The van der Waals surface area contributed by atoms with Crippen LogP contribution >= 0.6 is 0 Å². The van der Waals surface area contributed by atoms with E-state index in [1.807, 2.05) is 23.1 Å². The summed E-state index contributed by atoms with van der Waals surface area (Å²) in [5.41, 5.74) is 0.763. The quantitative estimate of drug-likeness (QED) is 0.879. The highest BCUT2D eigenvalue weighted by Gasteiger charge is 2.50. The summed E-state index contributed by atoms with van der Waals surface area (Å²) in [4.78, 5) is 31.1. The van der Waals surface area contributed by atoms with Crippen LogP contribution in [-0.4, -0.2) is 53.0 Å². The van der Waals surface area contributed by atoms with Crippen molar-refractivity contribution in [3.05, 3.63) is 30.1 Å². The molecule has 3 fully saturated rings. The summed E-state index contributed by atoms with van der Waals surface area (Å²) in [5, 5.41) is 3.05. The van der Waals surface area contributed by atoms with Gasteiger partial charge in [0.25, 0.3) is 0 Å². The van der Waals surface area contributed by atoms with Gasteiger partial charge in [-0.25, -0.2) is 0 Å². The molecule has 4 rings (SSSR count). The third kappa shape index (κ3) is 2.95. The van der Waals surface area contributed by atoms with Crippen LogP contribution in [0.4, 0.5) is 0 Å². The molecule has 1 aromatic rings. The van der Waals surface area contributed by atoms with Crippen LogP contribution < -0.4 is 5.32 Å². The van der Waals surface area contributed by atoms with E-state index in [-0.39, 0.29) is 36.3 Å². The molecule has 1 aliphatic carbocycles. The van der Waals surface area contributed by atoms with E-state index in [1.165, 1.54) is 0 Å². The molecular formula is C17H21N3O3. The number of nitrogens with one attached hydrogen (secondary N) is 1. The van der Waals surface area contributed by atoms with Gasteiger partial charge < -0.3 is 15.0 Å². The largest absolute Gasteiger partial charge is 0.375 e. The molecule has 0 radical (unpaired) electrons. The maximum absolute atomic E-state index is 12.7. The lowest BCUT2D eigenvalue weighted by Gasteiger charge is -2.22. The Bertz CT molecular complexity index is 602. The summed E-state index contributed by atoms with van der Waals surface area (Å²) in [6.45, 7) is 1.08. The van der Waals surface area contributed by atoms with Gasteiger partial charge in [0.1, 0.15) is 0 Å². The van der Waals surface area contributed by atoms with Gasteiger partial charge >= 0.3 is 0 Å². The first-order valence-corrected chi connectivity index (χ1v) is 8.34. The lowest BCUT2D eigenvalue weighted by Crippen LogP contribution is -2.39. The van der Waals surface area contributed by atoms with Gasteiger partial charge in [0.15, 0.2) is 0 Å². The average molecular weight is 315 g/mol. The molecule has 3 atom stereocenters. The number of rotatable bonds is 4. The van der Waals surface area contributed by atoms with Crippen LogP contribution in [0.25, 0.3) is 0 Å². The fraction of sp³-hybridized carbons (Fsp3) is 0.588. The van der Waals surface area contributed by atoms with Crippen molar-refractivity contribution in [1.29, 1.82) is 0 Å². The first-order chi connectivity index (χ1) is 11.2. The molecule has 0 bridgehead atoms. The second-order valence-electron chi connectivity index (χ2n) is 6.62. The number of carbonyl (C=O) groups excluding carboxylic acids is 2. The monoisotopic (exact) mass is 315 g/mol. The first-order valence-electron chi connectivity index (χ1n) is 8.34. The Morgan fingerprint density at radius 2 is 2.17 bits per heavy atom. The van der Waals surface area contributed by atoms with E-state index in [4.69, 9.17) is 4.74 Å². The van der Waals surface area contributed by atoms with Crippen molar-refractivity contribution >= 4 is 11.8 Å². The lowest BCUT2D eigenvalue weighted by molar-refractivity contribution is -0.131. The Morgan fingerprint density at radius 3 is 2.91 bits per heavy atom. The van der Waals surface area contributed by atoms with E-state index in [0.717, 1.165) is 25.0 Å². The van der Waals surface area contributed by atoms with Gasteiger partial charge in [-0.3, -0.25) is 14.6 Å². The number of pyridine rings is 1. The summed E-state index contributed by atoms with van der Waals surface area (Å²) in [6, 6.07) is 5.94. The van der Waals surface area contributed by atoms with Crippen LogP contribution in [0.3, 0.4) is 0 Å². The summed E-state index contributed by atoms with van der Waals surface area (Å²) in [7, 11) is 0. The molecule has 1 N–H and O–H groups in total. The number of nitrogens with zero attached hydrogens (tertiary/aromatic N) is 2. The molecule has 0 spiro atoms. The van der Waals surface area contributed by atoms with Gasteiger partial charge in [0.05, 0.1) is 24.5 Å². The Balaban J connectivity index is 1.45. The van der Waals surface area contributed by atoms with Crippen LogP contribution in [0, 0.1) is 5.92 Å². The van der Waals surface area contributed by atoms with Crippen molar-refractivity contribution in [3.8, 4) is 0 Å². The van der Waals surface area contributed by atoms with Crippen LogP contribution in [0.5, 0.6) is 0 Å². The van der Waals surface area contributed by atoms with E-state index in [0.29, 0.717) is 19.2 Å². The lowest BCUT2D eigenvalue weighted by atomic mass is 10.0. The van der Waals surface area contributed by atoms with Crippen LogP contribution in [0.2, 0.25) is 0 Å². The third-order valence-electron chi connectivity index (χ3n) is 4.93. The predicted molar refractivity (Wildman–Crippen MR) is 82.5 cm³/mol. The minimum atomic E-state index is -0.240. The second-order valence-corrected chi connectivity index (χ2v) is 6.62. The maximum atomic E-state index is 12.7. The van der Waals surface area contributed by atoms with Crippen LogP contribution in [0.15, 0.2) is 24.4 Å². The van der Waals surface area contributed by atoms with Gasteiger partial charge in [-0.2, -0.15) is 0 Å². The van der Waals surface area contributed by atoms with Crippen LogP contribution in [-0.2, 0) is 20.7 Å². The summed E-state index contributed by atoms with van der Waals surface area (Å²) in [5.74, 6) is -0.167. The number of fused-ring (bicyclic) bond motifs is 1. The number of likely N-dealkylation sites (tertiary alicyclic amines) is 1. The van der Waals surface area contributed by atoms with Crippen molar-refractivity contribution in [2.24, 2.45) is 5.92 Å². The summed E-state index contributed by atoms with van der Waals surface area (Å²) >= 11 is 0. The molecule has 1 aromatic heterocycles. The van der Waals surface area contributed by atoms with E-state index in [9.17, 15) is 9.59 Å². The Kier molecular flexibility index (Phi) is 3.77. The number of amides is 2. The highest BCUT2D eigenvalue weighted by Crippen LogP contribution is 2.34. The van der Waals surface area contributed by atoms with Crippen molar-refractivity contribution < 1.29 is 14.3 Å². The molecule has 0 aromatic carbocycles. The first kappa shape index (κ1) is 14.6. The van der Waals surface area contributed by atoms with Crippen LogP contribution in [0.1, 0.15) is 25.0 Å². The molecule has 3 aliphatic rings. The fourth-order valence-corrected chi connectivity index (χ4v) is 3.58. The van der Waals surface area contributed by atoms with Gasteiger partial charge in [-0.15, -0.1) is 0 Å². The number of ether oxygens (including phenoxy) is 1. The molecule has 0 unspecified atom stereocenters. The van der Waals surface area contributed by atoms with Gasteiger partial charge in [0, 0.05) is 31.1 Å². The van der Waals surface area contributed by atoms with Gasteiger partial charge in [-0.1, -0.05) is 6.07 Å². The van der Waals surface area contributed by atoms with E-state index in [1.54, 1.807) is 6.20 Å². The average Bonchev–Trinajstić information content (AvgIpc) is 3.10. The predicted octanol–water partition coefficient (Wildman–Crippen LogP) is 0.519. The van der Waals surface area contributed by atoms with E-state index in [2.05, 4.69) is 10.3 Å². The van der Waals surface area contributed by atoms with Gasteiger partial charge in [-0.05, 0) is 31.4 Å². The minimum Gasteiger partial charge on any atom is -0.375 e. The minimum absolute atomic E-state index is 0.0289. The molecule has 1 saturated carbocycles. The SMILES string of the molecule is O=C(NC1CC1)[C@@H]1CN(C(=O)Cc2ccccn2)[C@H]2CCO[C@H]12. The fourth-order valence-electron chi connectivity index (χ4n) is 3.58. The second kappa shape index (κ2) is 5.92. The Hall–Kier alpha value is -1.95. The van der Waals surface area contributed by atoms with Crippen molar-refractivity contribution in [2.45, 2.75) is 43.9 Å². The molecule has 2 saturated heterocycles. The zero-order valence-electron chi connectivity index (χ0n) is 13.0. The molecule has 2 aliphatic heterocycles. The smallest absolute Gasteiger partial charge is 0.228 e. The van der Waals surface area contributed by atoms with Crippen molar-refractivity contribution in [3.63, 3.8) is 0 Å². The number of carbonyl (C=O) groups is 2. The number of hydrogen-bond acceptors (Lipinski definition) is 4. The third-order valence-corrected chi connectivity index (χ3v) is 4.93. The zero-order chi connectivity index (χ0) is 15.8. The topological polar surface area (TPSA) is 71.5 Å². The highest BCUT2D eigenvalue weighted by atomic mass is 16.5. The van der Waals surface area contributed by atoms with Crippen molar-refractivity contribution in [2.75, 3.05) is 13.2 Å². The summed E-state index contributed by atoms with van der Waals surface area (Å²) < 4.78 is 5.77. The molecule has 23 heavy (non-hydrogen) atoms. The number of hydrogen-bond donors (Lipinski definition) is 1. The van der Waals surface area contributed by atoms with E-state index < -0.39 is 0 Å². The Labute approximate surface area is 135 Å². The standard InChI is InChI=1S/C17H21N3O3/c21-15(9-12-3-1-2-7-18-12)20-10-13(16-14(20)6-8-23-16)17(22)19-11-4-5-11/h1-3,7,11,13-14,16H,4-6,8-10H2,(H,19,22)/t13-,14+,16-/m1/s1. The molecule has 3 heterocycles. The molecule has 6 nitrogen and oxygen atoms in total. The summed E-state index contributed by atoms with van der Waals surface area (Å²) in [6.07, 6.45) is 4.76. The maximum Gasteiger partial charge on any atom is 0.228 e. The molecule has 6 heteroatoms. The zero-order valence-corrected chi connectivity index (χ0v) is 13.0. The number of aromatic nitrogens is 1. The highest BCUT2D eigenvalue weighted by molar-refractivity contribution is 5.84.